The predicted molar refractivity (Wildman–Crippen MR) is 82.1 cm³/mol. The molecule has 0 amide bonds. The monoisotopic (exact) mass is 282 g/mol. The van der Waals surface area contributed by atoms with Gasteiger partial charge in [0, 0.05) is 11.5 Å². The lowest BCUT2D eigenvalue weighted by atomic mass is 9.98. The minimum Gasteiger partial charge on any atom is -0.294 e. The third-order valence-electron chi connectivity index (χ3n) is 4.29. The fourth-order valence-corrected chi connectivity index (χ4v) is 2.81. The molecule has 2 atom stereocenters. The summed E-state index contributed by atoms with van der Waals surface area (Å²) >= 11 is 0. The number of hydrogen-bond donors (Lipinski definition) is 0. The van der Waals surface area contributed by atoms with Crippen LogP contribution in [0.5, 0.6) is 0 Å². The number of benzene rings is 2. The second-order valence-corrected chi connectivity index (χ2v) is 6.14. The van der Waals surface area contributed by atoms with Crippen LogP contribution in [0.25, 0.3) is 0 Å². The Morgan fingerprint density at radius 2 is 1.67 bits per heavy atom. The van der Waals surface area contributed by atoms with Crippen LogP contribution in [-0.4, -0.2) is 5.78 Å². The van der Waals surface area contributed by atoms with Crippen molar-refractivity contribution in [3.63, 3.8) is 0 Å². The molecule has 0 saturated heterocycles. The van der Waals surface area contributed by atoms with Crippen molar-refractivity contribution >= 4 is 5.78 Å². The molecule has 0 bridgehead atoms. The Kier molecular flexibility index (Phi) is 3.62. The summed E-state index contributed by atoms with van der Waals surface area (Å²) in [6, 6.07) is 14.4. The molecule has 1 nitrogen and oxygen atoms in total. The van der Waals surface area contributed by atoms with Gasteiger partial charge in [0.25, 0.3) is 0 Å². The normalized spacial score (nSPS) is 20.6. The minimum atomic E-state index is -0.230. The van der Waals surface area contributed by atoms with Gasteiger partial charge in [0.1, 0.15) is 5.82 Å². The highest BCUT2D eigenvalue weighted by molar-refractivity contribution is 6.00. The molecule has 3 rings (SSSR count). The van der Waals surface area contributed by atoms with E-state index in [9.17, 15) is 9.18 Å². The van der Waals surface area contributed by atoms with Crippen LogP contribution in [0.3, 0.4) is 0 Å². The summed E-state index contributed by atoms with van der Waals surface area (Å²) in [5, 5.41) is 0. The molecule has 0 spiro atoms. The average molecular weight is 282 g/mol. The van der Waals surface area contributed by atoms with Gasteiger partial charge < -0.3 is 0 Å². The van der Waals surface area contributed by atoms with Gasteiger partial charge in [0.15, 0.2) is 5.78 Å². The Morgan fingerprint density at radius 1 is 1.05 bits per heavy atom. The summed E-state index contributed by atoms with van der Waals surface area (Å²) in [4.78, 5) is 12.5. The molecule has 108 valence electrons. The predicted octanol–water partition coefficient (Wildman–Crippen LogP) is 4.94. The van der Waals surface area contributed by atoms with E-state index in [0.29, 0.717) is 5.92 Å². The van der Waals surface area contributed by atoms with Gasteiger partial charge in [-0.25, -0.2) is 4.39 Å². The first-order valence-corrected chi connectivity index (χ1v) is 7.46. The van der Waals surface area contributed by atoms with Crippen LogP contribution in [0.4, 0.5) is 4.39 Å². The van der Waals surface area contributed by atoms with Crippen LogP contribution in [0.1, 0.15) is 53.6 Å². The molecule has 2 aromatic carbocycles. The van der Waals surface area contributed by atoms with Gasteiger partial charge in [-0.3, -0.25) is 4.79 Å². The summed E-state index contributed by atoms with van der Waals surface area (Å²) in [6.07, 6.45) is 0.871. The lowest BCUT2D eigenvalue weighted by Gasteiger charge is -2.06. The summed E-state index contributed by atoms with van der Waals surface area (Å²) in [5.74, 6) is 0.761. The van der Waals surface area contributed by atoms with Crippen LogP contribution in [0.2, 0.25) is 0 Å². The van der Waals surface area contributed by atoms with Gasteiger partial charge in [-0.1, -0.05) is 50.2 Å². The molecule has 0 aromatic heterocycles. The zero-order valence-corrected chi connectivity index (χ0v) is 12.3. The van der Waals surface area contributed by atoms with Crippen molar-refractivity contribution < 1.29 is 9.18 Å². The van der Waals surface area contributed by atoms with E-state index in [1.165, 1.54) is 17.7 Å². The molecule has 0 N–H and O–H groups in total. The van der Waals surface area contributed by atoms with E-state index in [0.717, 1.165) is 17.5 Å². The van der Waals surface area contributed by atoms with Crippen molar-refractivity contribution in [2.24, 2.45) is 5.92 Å². The molecular weight excluding hydrogens is 263 g/mol. The maximum atomic E-state index is 12.9. The van der Waals surface area contributed by atoms with Crippen LogP contribution < -0.4 is 0 Å². The molecule has 2 heteroatoms. The number of hydrogen-bond acceptors (Lipinski definition) is 1. The molecule has 0 radical (unpaired) electrons. The maximum absolute atomic E-state index is 12.9. The molecule has 2 unspecified atom stereocenters. The van der Waals surface area contributed by atoms with Crippen molar-refractivity contribution in [3.05, 3.63) is 71.0 Å². The topological polar surface area (TPSA) is 17.1 Å². The first-order valence-electron chi connectivity index (χ1n) is 7.46. The summed E-state index contributed by atoms with van der Waals surface area (Å²) in [5.41, 5.74) is 3.10. The number of carbonyl (C=O) groups excluding carboxylic acids is 1. The van der Waals surface area contributed by atoms with Gasteiger partial charge in [0.2, 0.25) is 0 Å². The Morgan fingerprint density at radius 3 is 2.24 bits per heavy atom. The number of rotatable bonds is 4. The van der Waals surface area contributed by atoms with Gasteiger partial charge in [-0.2, -0.15) is 0 Å². The number of Topliss-reactive ketones (excluding diaryl/α,β-unsaturated/α-hetero) is 1. The van der Waals surface area contributed by atoms with Crippen LogP contribution >= 0.6 is 0 Å². The molecule has 1 fully saturated rings. The van der Waals surface area contributed by atoms with Crippen molar-refractivity contribution in [2.45, 2.75) is 32.1 Å². The van der Waals surface area contributed by atoms with E-state index in [1.807, 2.05) is 24.3 Å². The standard InChI is InChI=1S/C19H19FO/c1-12(2)13-3-5-15(6-4-13)19(21)18-11-17(18)14-7-9-16(20)10-8-14/h3-10,12,17-18H,11H2,1-2H3. The zero-order valence-electron chi connectivity index (χ0n) is 12.3. The quantitative estimate of drug-likeness (QED) is 0.726. The molecule has 0 heterocycles. The van der Waals surface area contributed by atoms with Crippen LogP contribution in [-0.2, 0) is 0 Å². The molecule has 0 aliphatic heterocycles. The van der Waals surface area contributed by atoms with E-state index >= 15 is 0 Å². The van der Waals surface area contributed by atoms with Crippen molar-refractivity contribution in [1.82, 2.24) is 0 Å². The lowest BCUT2D eigenvalue weighted by Crippen LogP contribution is -2.03. The van der Waals surface area contributed by atoms with Crippen molar-refractivity contribution in [3.8, 4) is 0 Å². The first-order chi connectivity index (χ1) is 10.1. The van der Waals surface area contributed by atoms with Crippen LogP contribution in [0, 0.1) is 11.7 Å². The molecule has 1 aliphatic rings. The highest BCUT2D eigenvalue weighted by Crippen LogP contribution is 2.49. The Bertz CT molecular complexity index is 640. The molecule has 2 aromatic rings. The van der Waals surface area contributed by atoms with E-state index in [2.05, 4.69) is 13.8 Å². The van der Waals surface area contributed by atoms with Gasteiger partial charge in [-0.15, -0.1) is 0 Å². The smallest absolute Gasteiger partial charge is 0.166 e. The second-order valence-electron chi connectivity index (χ2n) is 6.14. The van der Waals surface area contributed by atoms with Crippen molar-refractivity contribution in [1.29, 1.82) is 0 Å². The molecule has 21 heavy (non-hydrogen) atoms. The lowest BCUT2D eigenvalue weighted by molar-refractivity contribution is 0.0965. The minimum absolute atomic E-state index is 0.0559. The zero-order chi connectivity index (χ0) is 15.0. The third kappa shape index (κ3) is 2.90. The molecular formula is C19H19FO. The maximum Gasteiger partial charge on any atom is 0.166 e. The number of ketones is 1. The van der Waals surface area contributed by atoms with Crippen molar-refractivity contribution in [2.75, 3.05) is 0 Å². The summed E-state index contributed by atoms with van der Waals surface area (Å²) < 4.78 is 12.9. The Balaban J connectivity index is 1.71. The molecule has 1 saturated carbocycles. The van der Waals surface area contributed by atoms with Crippen LogP contribution in [0.15, 0.2) is 48.5 Å². The van der Waals surface area contributed by atoms with Gasteiger partial charge in [-0.05, 0) is 41.5 Å². The third-order valence-corrected chi connectivity index (χ3v) is 4.29. The first kappa shape index (κ1) is 14.0. The average Bonchev–Trinajstić information content (AvgIpc) is 3.28. The number of halogens is 1. The van der Waals surface area contributed by atoms with E-state index in [4.69, 9.17) is 0 Å². The fraction of sp³-hybridized carbons (Fsp3) is 0.316. The summed E-state index contributed by atoms with van der Waals surface area (Å²) in [7, 11) is 0. The SMILES string of the molecule is CC(C)c1ccc(C(=O)C2CC2c2ccc(F)cc2)cc1. The van der Waals surface area contributed by atoms with Gasteiger partial charge in [0.05, 0.1) is 0 Å². The van der Waals surface area contributed by atoms with Gasteiger partial charge >= 0.3 is 0 Å². The van der Waals surface area contributed by atoms with E-state index in [-0.39, 0.29) is 23.4 Å². The Labute approximate surface area is 124 Å². The molecule has 1 aliphatic carbocycles. The Hall–Kier alpha value is -1.96. The largest absolute Gasteiger partial charge is 0.294 e. The highest BCUT2D eigenvalue weighted by atomic mass is 19.1. The fourth-order valence-electron chi connectivity index (χ4n) is 2.81. The van der Waals surface area contributed by atoms with E-state index in [1.54, 1.807) is 12.1 Å². The highest BCUT2D eigenvalue weighted by Gasteiger charge is 2.43. The summed E-state index contributed by atoms with van der Waals surface area (Å²) in [6.45, 7) is 4.28. The van der Waals surface area contributed by atoms with E-state index < -0.39 is 0 Å². The second kappa shape index (κ2) is 5.44. The number of carbonyl (C=O) groups is 1.